The maximum absolute atomic E-state index is 9.37. The monoisotopic (exact) mass is 221 g/mol. The lowest BCUT2D eigenvalue weighted by Gasteiger charge is -2.11. The number of hydrogen-bond donors (Lipinski definition) is 2. The first kappa shape index (κ1) is 14.8. The van der Waals surface area contributed by atoms with E-state index in [9.17, 15) is 5.11 Å². The zero-order valence-electron chi connectivity index (χ0n) is 9.70. The summed E-state index contributed by atoms with van der Waals surface area (Å²) < 4.78 is 15.2. The smallest absolute Gasteiger partial charge is 0.0897 e. The van der Waals surface area contributed by atoms with Crippen LogP contribution in [0.5, 0.6) is 0 Å². The number of ether oxygens (including phenoxy) is 3. The molecule has 0 fully saturated rings. The van der Waals surface area contributed by atoms with Crippen LogP contribution in [0.1, 0.15) is 6.92 Å². The minimum absolute atomic E-state index is 0.348. The molecule has 92 valence electrons. The highest BCUT2D eigenvalue weighted by Gasteiger charge is 2.02. The van der Waals surface area contributed by atoms with Crippen molar-refractivity contribution in [2.24, 2.45) is 0 Å². The molecule has 0 saturated heterocycles. The molecular formula is C10H23NO4. The Labute approximate surface area is 91.7 Å². The molecule has 0 spiro atoms. The molecule has 0 rings (SSSR count). The Morgan fingerprint density at radius 3 is 2.47 bits per heavy atom. The zero-order chi connectivity index (χ0) is 11.4. The van der Waals surface area contributed by atoms with Gasteiger partial charge in [-0.25, -0.2) is 0 Å². The van der Waals surface area contributed by atoms with E-state index in [1.54, 1.807) is 7.11 Å². The Morgan fingerprint density at radius 1 is 1.13 bits per heavy atom. The second kappa shape index (κ2) is 11.9. The van der Waals surface area contributed by atoms with E-state index in [0.29, 0.717) is 39.6 Å². The molecule has 5 heteroatoms. The highest BCUT2D eigenvalue weighted by molar-refractivity contribution is 4.56. The summed E-state index contributed by atoms with van der Waals surface area (Å²) in [5.74, 6) is 0. The highest BCUT2D eigenvalue weighted by Crippen LogP contribution is 1.85. The molecule has 0 heterocycles. The van der Waals surface area contributed by atoms with Gasteiger partial charge in [0.1, 0.15) is 0 Å². The topological polar surface area (TPSA) is 60.0 Å². The summed E-state index contributed by atoms with van der Waals surface area (Å²) in [6.07, 6.45) is -0.441. The van der Waals surface area contributed by atoms with Gasteiger partial charge < -0.3 is 24.6 Å². The van der Waals surface area contributed by atoms with Crippen molar-refractivity contribution in [1.29, 1.82) is 0 Å². The minimum Gasteiger partial charge on any atom is -0.389 e. The number of methoxy groups -OCH3 is 1. The first-order valence-corrected chi connectivity index (χ1v) is 5.34. The second-order valence-corrected chi connectivity index (χ2v) is 3.14. The van der Waals surface area contributed by atoms with E-state index in [1.807, 2.05) is 6.92 Å². The van der Waals surface area contributed by atoms with E-state index in [0.717, 1.165) is 6.54 Å². The largest absolute Gasteiger partial charge is 0.389 e. The lowest BCUT2D eigenvalue weighted by Crippen LogP contribution is -2.30. The van der Waals surface area contributed by atoms with Crippen LogP contribution in [0.25, 0.3) is 0 Å². The maximum atomic E-state index is 9.37. The van der Waals surface area contributed by atoms with Crippen LogP contribution in [0.4, 0.5) is 0 Å². The van der Waals surface area contributed by atoms with Gasteiger partial charge in [0.25, 0.3) is 0 Å². The van der Waals surface area contributed by atoms with Gasteiger partial charge in [-0.15, -0.1) is 0 Å². The third-order valence-corrected chi connectivity index (χ3v) is 1.74. The normalized spacial score (nSPS) is 13.0. The third-order valence-electron chi connectivity index (χ3n) is 1.74. The number of likely N-dealkylation sites (N-methyl/N-ethyl adjacent to an activating group) is 1. The first-order valence-electron chi connectivity index (χ1n) is 5.34. The van der Waals surface area contributed by atoms with Crippen molar-refractivity contribution in [2.45, 2.75) is 13.0 Å². The van der Waals surface area contributed by atoms with Crippen LogP contribution in [-0.2, 0) is 14.2 Å². The molecular weight excluding hydrogens is 198 g/mol. The second-order valence-electron chi connectivity index (χ2n) is 3.14. The van der Waals surface area contributed by atoms with Gasteiger partial charge in [-0.1, -0.05) is 6.92 Å². The molecule has 1 atom stereocenters. The van der Waals surface area contributed by atoms with E-state index in [2.05, 4.69) is 5.32 Å². The predicted molar refractivity (Wildman–Crippen MR) is 58.1 cm³/mol. The number of nitrogens with one attached hydrogen (secondary N) is 1. The molecule has 15 heavy (non-hydrogen) atoms. The molecule has 0 saturated carbocycles. The summed E-state index contributed by atoms with van der Waals surface area (Å²) in [6.45, 7) is 6.00. The van der Waals surface area contributed by atoms with Crippen LogP contribution in [0, 0.1) is 0 Å². The number of aliphatic hydroxyl groups excluding tert-OH is 1. The molecule has 0 bridgehead atoms. The number of hydrogen-bond acceptors (Lipinski definition) is 5. The van der Waals surface area contributed by atoms with Crippen molar-refractivity contribution < 1.29 is 19.3 Å². The van der Waals surface area contributed by atoms with E-state index in [4.69, 9.17) is 14.2 Å². The summed E-state index contributed by atoms with van der Waals surface area (Å²) in [7, 11) is 1.64. The van der Waals surface area contributed by atoms with Gasteiger partial charge in [-0.2, -0.15) is 0 Å². The van der Waals surface area contributed by atoms with Crippen LogP contribution >= 0.6 is 0 Å². The molecule has 0 aromatic heterocycles. The number of rotatable bonds is 11. The van der Waals surface area contributed by atoms with E-state index in [1.165, 1.54) is 0 Å². The van der Waals surface area contributed by atoms with Crippen molar-refractivity contribution in [3.8, 4) is 0 Å². The van der Waals surface area contributed by atoms with Crippen molar-refractivity contribution >= 4 is 0 Å². The Hall–Kier alpha value is -0.200. The molecule has 0 aliphatic rings. The summed E-state index contributed by atoms with van der Waals surface area (Å²) in [4.78, 5) is 0. The van der Waals surface area contributed by atoms with Crippen LogP contribution < -0.4 is 5.32 Å². The highest BCUT2D eigenvalue weighted by atomic mass is 16.5. The average molecular weight is 221 g/mol. The van der Waals surface area contributed by atoms with Crippen molar-refractivity contribution in [2.75, 3.05) is 53.2 Å². The molecule has 0 aromatic rings. The van der Waals surface area contributed by atoms with Gasteiger partial charge in [0.15, 0.2) is 0 Å². The van der Waals surface area contributed by atoms with Gasteiger partial charge in [0.05, 0.1) is 39.1 Å². The molecule has 1 unspecified atom stereocenters. The van der Waals surface area contributed by atoms with Gasteiger partial charge in [0.2, 0.25) is 0 Å². The Morgan fingerprint density at radius 2 is 1.80 bits per heavy atom. The van der Waals surface area contributed by atoms with Crippen LogP contribution in [0.2, 0.25) is 0 Å². The Kier molecular flexibility index (Phi) is 11.7. The van der Waals surface area contributed by atoms with E-state index in [-0.39, 0.29) is 0 Å². The maximum Gasteiger partial charge on any atom is 0.0897 e. The van der Waals surface area contributed by atoms with Crippen molar-refractivity contribution in [3.05, 3.63) is 0 Å². The number of aliphatic hydroxyl groups is 1. The Bertz CT molecular complexity index is 124. The predicted octanol–water partition coefficient (Wildman–Crippen LogP) is -0.364. The van der Waals surface area contributed by atoms with Crippen molar-refractivity contribution in [3.63, 3.8) is 0 Å². The van der Waals surface area contributed by atoms with Crippen LogP contribution in [-0.4, -0.2) is 64.4 Å². The summed E-state index contributed by atoms with van der Waals surface area (Å²) in [6, 6.07) is 0. The van der Waals surface area contributed by atoms with Gasteiger partial charge >= 0.3 is 0 Å². The Balaban J connectivity index is 3.02. The quantitative estimate of drug-likeness (QED) is 0.466. The molecule has 0 aromatic carbocycles. The lowest BCUT2D eigenvalue weighted by molar-refractivity contribution is -0.00473. The zero-order valence-corrected chi connectivity index (χ0v) is 9.70. The standard InChI is InChI=1S/C10H23NO4/c1-3-11-8-10(12)9-15-7-6-14-5-4-13-2/h10-12H,3-9H2,1-2H3. The van der Waals surface area contributed by atoms with E-state index < -0.39 is 6.10 Å². The van der Waals surface area contributed by atoms with Crippen molar-refractivity contribution in [1.82, 2.24) is 5.32 Å². The summed E-state index contributed by atoms with van der Waals surface area (Å²) in [5.41, 5.74) is 0. The molecule has 0 aliphatic heterocycles. The molecule has 0 amide bonds. The van der Waals surface area contributed by atoms with E-state index >= 15 is 0 Å². The van der Waals surface area contributed by atoms with Gasteiger partial charge in [0, 0.05) is 13.7 Å². The minimum atomic E-state index is -0.441. The average Bonchev–Trinajstić information content (AvgIpc) is 2.25. The third kappa shape index (κ3) is 11.7. The fourth-order valence-electron chi connectivity index (χ4n) is 0.951. The molecule has 5 nitrogen and oxygen atoms in total. The molecule has 0 aliphatic carbocycles. The summed E-state index contributed by atoms with van der Waals surface area (Å²) in [5, 5.41) is 12.4. The van der Waals surface area contributed by atoms with Gasteiger partial charge in [-0.05, 0) is 6.54 Å². The lowest BCUT2D eigenvalue weighted by atomic mass is 10.4. The fourth-order valence-corrected chi connectivity index (χ4v) is 0.951. The summed E-state index contributed by atoms with van der Waals surface area (Å²) >= 11 is 0. The SMILES string of the molecule is CCNCC(O)COCCOCCOC. The molecule has 0 radical (unpaired) electrons. The first-order chi connectivity index (χ1) is 7.31. The van der Waals surface area contributed by atoms with Crippen LogP contribution in [0.3, 0.4) is 0 Å². The van der Waals surface area contributed by atoms with Gasteiger partial charge in [-0.3, -0.25) is 0 Å². The molecule has 2 N–H and O–H groups in total. The fraction of sp³-hybridized carbons (Fsp3) is 1.00. The van der Waals surface area contributed by atoms with Crippen LogP contribution in [0.15, 0.2) is 0 Å².